The third kappa shape index (κ3) is 2.28. The van der Waals surface area contributed by atoms with Crippen LogP contribution in [-0.4, -0.2) is 77.4 Å². The molecule has 0 spiro atoms. The summed E-state index contributed by atoms with van der Waals surface area (Å²) in [7, 11) is 0. The summed E-state index contributed by atoms with van der Waals surface area (Å²) in [6, 6.07) is 0. The van der Waals surface area contributed by atoms with Gasteiger partial charge in [0, 0.05) is 13.0 Å². The molecule has 1 aliphatic rings. The van der Waals surface area contributed by atoms with Crippen LogP contribution in [0.5, 0.6) is 0 Å². The molecule has 1 heterocycles. The van der Waals surface area contributed by atoms with Crippen LogP contribution in [-0.2, 0) is 4.79 Å². The predicted octanol–water partition coefficient (Wildman–Crippen LogP) is 0.131. The Hall–Kier alpha value is 0.511. The Bertz CT molecular complexity index is 167. The first-order chi connectivity index (χ1) is 4.22. The fourth-order valence-corrected chi connectivity index (χ4v) is 0.850. The zero-order valence-electron chi connectivity index (χ0n) is 7.54. The van der Waals surface area contributed by atoms with Gasteiger partial charge in [-0.25, -0.2) is 9.69 Å². The first kappa shape index (κ1) is 10.5. The molecule has 54 valence electrons. The van der Waals surface area contributed by atoms with Crippen LogP contribution in [0.2, 0.25) is 0 Å². The molecule has 0 saturated carbocycles. The molecule has 0 aromatic carbocycles. The summed E-state index contributed by atoms with van der Waals surface area (Å²) in [5.74, 6) is -0.275. The average molecular weight is 268 g/mol. The van der Waals surface area contributed by atoms with Crippen LogP contribution < -0.4 is 0 Å². The Morgan fingerprint density at radius 2 is 2.30 bits per heavy atom. The van der Waals surface area contributed by atoms with Crippen LogP contribution in [0.4, 0.5) is 4.79 Å². The van der Waals surface area contributed by atoms with E-state index in [-0.39, 0.29) is 57.6 Å². The van der Waals surface area contributed by atoms with Crippen molar-refractivity contribution >= 4 is 60.9 Å². The summed E-state index contributed by atoms with van der Waals surface area (Å²) < 4.78 is 0. The zero-order valence-corrected chi connectivity index (χ0v) is 9.98. The van der Waals surface area contributed by atoms with Gasteiger partial charge in [0.2, 0.25) is 5.91 Å². The van der Waals surface area contributed by atoms with E-state index in [1.807, 2.05) is 0 Å². The van der Waals surface area contributed by atoms with Crippen molar-refractivity contribution in [3.05, 3.63) is 0 Å². The molecule has 5 heteroatoms. The van der Waals surface area contributed by atoms with Gasteiger partial charge in [-0.05, 0) is 6.42 Å². The van der Waals surface area contributed by atoms with E-state index in [0.29, 0.717) is 19.4 Å². The summed E-state index contributed by atoms with van der Waals surface area (Å²) >= 11 is 0. The number of hydrogen-bond acceptors (Lipinski definition) is 2. The van der Waals surface area contributed by atoms with E-state index in [4.69, 9.17) is 5.11 Å². The maximum absolute atomic E-state index is 10.6. The van der Waals surface area contributed by atoms with Crippen LogP contribution in [0, 0.1) is 0 Å². The standard InChI is InChI=1S/C5H7NO3.Ba.2H/c7-4-2-1-3-6(4)5(8)9;;;/h1-3H2,(H,8,9);;;/q;+2;2*-1. The zero-order chi connectivity index (χ0) is 6.85. The van der Waals surface area contributed by atoms with Crippen molar-refractivity contribution in [3.8, 4) is 0 Å². The predicted molar refractivity (Wildman–Crippen MR) is 36.9 cm³/mol. The van der Waals surface area contributed by atoms with E-state index < -0.39 is 6.09 Å². The van der Waals surface area contributed by atoms with Crippen molar-refractivity contribution in [2.75, 3.05) is 6.54 Å². The van der Waals surface area contributed by atoms with Crippen LogP contribution in [0.25, 0.3) is 0 Å². The van der Waals surface area contributed by atoms with Gasteiger partial charge in [0.05, 0.1) is 0 Å². The van der Waals surface area contributed by atoms with E-state index in [1.165, 1.54) is 0 Å². The topological polar surface area (TPSA) is 57.6 Å². The summed E-state index contributed by atoms with van der Waals surface area (Å²) in [5.41, 5.74) is 0. The van der Waals surface area contributed by atoms with Gasteiger partial charge in [0.25, 0.3) is 0 Å². The largest absolute Gasteiger partial charge is 2.00 e. The number of amides is 2. The second kappa shape index (κ2) is 4.40. The second-order valence-electron chi connectivity index (χ2n) is 1.93. The summed E-state index contributed by atoms with van der Waals surface area (Å²) in [4.78, 5) is 21.5. The van der Waals surface area contributed by atoms with E-state index in [9.17, 15) is 9.59 Å². The van der Waals surface area contributed by atoms with Crippen molar-refractivity contribution in [1.82, 2.24) is 4.90 Å². The normalized spacial score (nSPS) is 16.8. The number of likely N-dealkylation sites (tertiary alicyclic amines) is 1. The number of carbonyl (C=O) groups is 2. The quantitative estimate of drug-likeness (QED) is 0.635. The molecule has 4 nitrogen and oxygen atoms in total. The summed E-state index contributed by atoms with van der Waals surface area (Å²) in [6.45, 7) is 0.369. The number of hydrogen-bond donors (Lipinski definition) is 1. The minimum atomic E-state index is -1.13. The van der Waals surface area contributed by atoms with Crippen molar-refractivity contribution < 1.29 is 17.5 Å². The summed E-state index contributed by atoms with van der Waals surface area (Å²) in [6.07, 6.45) is -0.0743. The first-order valence-corrected chi connectivity index (χ1v) is 2.75. The maximum Gasteiger partial charge on any atom is 2.00 e. The molecule has 1 saturated heterocycles. The molecular weight excluding hydrogens is 259 g/mol. The van der Waals surface area contributed by atoms with Crippen LogP contribution in [0.15, 0.2) is 0 Å². The van der Waals surface area contributed by atoms with Gasteiger partial charge >= 0.3 is 55.0 Å². The van der Waals surface area contributed by atoms with E-state index in [0.717, 1.165) is 4.90 Å². The van der Waals surface area contributed by atoms with Crippen LogP contribution in [0.3, 0.4) is 0 Å². The number of imide groups is 1. The third-order valence-electron chi connectivity index (χ3n) is 1.30. The van der Waals surface area contributed by atoms with Gasteiger partial charge < -0.3 is 7.96 Å². The second-order valence-corrected chi connectivity index (χ2v) is 1.93. The van der Waals surface area contributed by atoms with Gasteiger partial charge in [0.15, 0.2) is 0 Å². The van der Waals surface area contributed by atoms with Gasteiger partial charge in [-0.2, -0.15) is 0 Å². The molecule has 0 radical (unpaired) electrons. The molecule has 0 aliphatic carbocycles. The van der Waals surface area contributed by atoms with Crippen molar-refractivity contribution in [2.45, 2.75) is 12.8 Å². The minimum Gasteiger partial charge on any atom is -1.00 e. The SMILES string of the molecule is O=C(O)N1CCCC1=O.[Ba+2].[H-].[H-]. The van der Waals surface area contributed by atoms with Gasteiger partial charge in [-0.15, -0.1) is 0 Å². The Balaban J connectivity index is -0.000000270. The van der Waals surface area contributed by atoms with Crippen molar-refractivity contribution in [3.63, 3.8) is 0 Å². The van der Waals surface area contributed by atoms with Crippen molar-refractivity contribution in [2.24, 2.45) is 0 Å². The molecule has 0 aromatic rings. The fraction of sp³-hybridized carbons (Fsp3) is 0.600. The molecule has 1 aliphatic heterocycles. The molecule has 10 heavy (non-hydrogen) atoms. The number of carbonyl (C=O) groups excluding carboxylic acids is 1. The Labute approximate surface area is 102 Å². The first-order valence-electron chi connectivity index (χ1n) is 2.75. The Kier molecular flexibility index (Phi) is 4.63. The molecule has 0 atom stereocenters. The average Bonchev–Trinajstić information content (AvgIpc) is 2.13. The Morgan fingerprint density at radius 3 is 2.50 bits per heavy atom. The molecule has 1 fully saturated rings. The van der Waals surface area contributed by atoms with Gasteiger partial charge in [-0.1, -0.05) is 0 Å². The Morgan fingerprint density at radius 1 is 1.70 bits per heavy atom. The number of carboxylic acid groups (broad SMARTS) is 1. The number of nitrogens with zero attached hydrogens (tertiary/aromatic N) is 1. The summed E-state index contributed by atoms with van der Waals surface area (Å²) in [5, 5.41) is 8.29. The molecule has 1 N–H and O–H groups in total. The molecule has 1 rings (SSSR count). The fourth-order valence-electron chi connectivity index (χ4n) is 0.850. The monoisotopic (exact) mass is 269 g/mol. The van der Waals surface area contributed by atoms with Crippen LogP contribution >= 0.6 is 0 Å². The van der Waals surface area contributed by atoms with Gasteiger partial charge in [0.1, 0.15) is 0 Å². The molecule has 0 unspecified atom stereocenters. The minimum absolute atomic E-state index is 0. The molecular formula is C5H9BaNO3. The third-order valence-corrected chi connectivity index (χ3v) is 1.30. The van der Waals surface area contributed by atoms with Crippen LogP contribution in [0.1, 0.15) is 15.7 Å². The van der Waals surface area contributed by atoms with E-state index in [2.05, 4.69) is 0 Å². The number of rotatable bonds is 0. The van der Waals surface area contributed by atoms with E-state index >= 15 is 0 Å². The molecule has 0 bridgehead atoms. The smallest absolute Gasteiger partial charge is 1.00 e. The van der Waals surface area contributed by atoms with E-state index in [1.54, 1.807) is 0 Å². The van der Waals surface area contributed by atoms with Crippen molar-refractivity contribution in [1.29, 1.82) is 0 Å². The van der Waals surface area contributed by atoms with Gasteiger partial charge in [-0.3, -0.25) is 4.79 Å². The maximum atomic E-state index is 10.6. The molecule has 0 aromatic heterocycles. The molecule has 2 amide bonds.